The predicted molar refractivity (Wildman–Crippen MR) is 173 cm³/mol. The second-order valence-electron chi connectivity index (χ2n) is 14.2. The highest BCUT2D eigenvalue weighted by molar-refractivity contribution is 7.90. The van der Waals surface area contributed by atoms with E-state index in [-0.39, 0.29) is 13.8 Å². The van der Waals surface area contributed by atoms with E-state index in [0.717, 1.165) is 0 Å². The molecule has 0 heterocycles. The second kappa shape index (κ2) is 20.9. The van der Waals surface area contributed by atoms with E-state index in [0.29, 0.717) is 0 Å². The molecule has 3 N–H and O–H groups in total. The summed E-state index contributed by atoms with van der Waals surface area (Å²) in [6.45, 7) is -11.7. The van der Waals surface area contributed by atoms with Crippen molar-refractivity contribution < 1.29 is 176 Å². The van der Waals surface area contributed by atoms with E-state index in [1.807, 2.05) is 5.32 Å². The van der Waals surface area contributed by atoms with Crippen molar-refractivity contribution in [1.29, 1.82) is 0 Å². The molecule has 0 saturated carbocycles. The molecule has 75 heavy (non-hydrogen) atoms. The van der Waals surface area contributed by atoms with E-state index < -0.39 is 187 Å². The maximum atomic E-state index is 14.6. The van der Waals surface area contributed by atoms with Gasteiger partial charge >= 0.3 is 93.9 Å². The van der Waals surface area contributed by atoms with Crippen molar-refractivity contribution in [3.05, 3.63) is 0 Å². The number of hydrogen-bond donors (Lipinski definition) is 3. The Hall–Kier alpha value is -3.66. The van der Waals surface area contributed by atoms with Crippen LogP contribution in [0.15, 0.2) is 0 Å². The van der Waals surface area contributed by atoms with Crippen LogP contribution in [0.4, 0.5) is 149 Å². The molecule has 0 saturated heterocycles. The van der Waals surface area contributed by atoms with E-state index >= 15 is 0 Å². The van der Waals surface area contributed by atoms with Crippen molar-refractivity contribution in [3.63, 3.8) is 0 Å². The molecule has 0 bridgehead atoms. The van der Waals surface area contributed by atoms with Crippen molar-refractivity contribution in [2.24, 2.45) is 0 Å². The molecule has 11 nitrogen and oxygen atoms in total. The highest BCUT2D eigenvalue weighted by Crippen LogP contribution is 2.66. The molecule has 0 unspecified atom stereocenters. The monoisotopic (exact) mass is 1240 g/mol. The molecule has 0 fully saturated rings. The summed E-state index contributed by atoms with van der Waals surface area (Å²) in [6.07, 6.45) is -16.2. The third kappa shape index (κ3) is 10.8. The van der Waals surface area contributed by atoms with Crippen LogP contribution in [0, 0.1) is 0 Å². The molecule has 0 aromatic rings. The van der Waals surface area contributed by atoms with Gasteiger partial charge in [0.25, 0.3) is 20.0 Å². The van der Waals surface area contributed by atoms with Gasteiger partial charge < -0.3 is 16.0 Å². The summed E-state index contributed by atoms with van der Waals surface area (Å²) >= 11 is 0. The number of likely N-dealkylation sites (N-methyl/N-ethyl adjacent to an activating group) is 2. The molecule has 0 atom stereocenters. The predicted octanol–water partition coefficient (Wildman–Crippen LogP) is 8.05. The van der Waals surface area contributed by atoms with Crippen LogP contribution in [-0.2, 0) is 29.6 Å². The first-order chi connectivity index (χ1) is 32.4. The SMILES string of the molecule is CCN(CC(=O)NCCNCCNC(=O)CN(CC)S(=O)(=O)C(F)(F)C(F)(F)C(F)(F)C(F)(F)C(F)(F)C(F)(F)C(F)(F)C(F)(F)F)S(=O)(=O)C(F)(F)C(F)(F)C(F)(F)C(F)(F)C(F)(F)C(F)(F)C(F)(F)C(F)(F)F. The lowest BCUT2D eigenvalue weighted by Gasteiger charge is -2.42. The maximum absolute atomic E-state index is 14.6. The number of amides is 2. The van der Waals surface area contributed by atoms with Crippen LogP contribution < -0.4 is 16.0 Å². The Bertz CT molecular complexity index is 2100. The quantitative estimate of drug-likeness (QED) is 0.0532. The Morgan fingerprint density at radius 2 is 0.507 bits per heavy atom. The van der Waals surface area contributed by atoms with Crippen LogP contribution in [0.2, 0.25) is 0 Å². The zero-order valence-electron chi connectivity index (χ0n) is 35.2. The molecule has 0 aliphatic rings. The minimum atomic E-state index is -9.17. The minimum absolute atomic E-state index is 0.226. The minimum Gasteiger partial charge on any atom is -0.354 e. The number of halogens is 34. The normalized spacial score (nSPS) is 16.0. The first kappa shape index (κ1) is 71.3. The summed E-state index contributed by atoms with van der Waals surface area (Å²) in [4.78, 5) is 24.2. The van der Waals surface area contributed by atoms with Crippen LogP contribution in [0.5, 0.6) is 0 Å². The second-order valence-corrected chi connectivity index (χ2v) is 18.2. The van der Waals surface area contributed by atoms with Gasteiger partial charge in [0, 0.05) is 39.3 Å². The van der Waals surface area contributed by atoms with Gasteiger partial charge in [-0.15, -0.1) is 0 Å². The van der Waals surface area contributed by atoms with Crippen LogP contribution in [-0.4, -0.2) is 184 Å². The van der Waals surface area contributed by atoms with Gasteiger partial charge in [-0.25, -0.2) is 16.8 Å². The van der Waals surface area contributed by atoms with Crippen molar-refractivity contribution in [2.75, 3.05) is 52.4 Å². The van der Waals surface area contributed by atoms with Gasteiger partial charge in [0.1, 0.15) is 0 Å². The average molecular weight is 1240 g/mol. The molecule has 448 valence electrons. The smallest absolute Gasteiger partial charge is 0.354 e. The Kier molecular flexibility index (Phi) is 19.8. The first-order valence-electron chi connectivity index (χ1n) is 18.1. The number of alkyl halides is 34. The molecule has 0 rings (SSSR count). The maximum Gasteiger partial charge on any atom is 0.460 e. The molecule has 0 aliphatic carbocycles. The summed E-state index contributed by atoms with van der Waals surface area (Å²) < 4.78 is 509. The summed E-state index contributed by atoms with van der Waals surface area (Å²) in [5, 5.41) is -11.2. The molecule has 0 aromatic heterocycles. The van der Waals surface area contributed by atoms with E-state index in [1.165, 1.54) is 10.6 Å². The van der Waals surface area contributed by atoms with Crippen molar-refractivity contribution in [1.82, 2.24) is 24.6 Å². The average Bonchev–Trinajstić information content (AvgIpc) is 3.22. The number of rotatable bonds is 28. The van der Waals surface area contributed by atoms with Gasteiger partial charge in [0.15, 0.2) is 0 Å². The summed E-state index contributed by atoms with van der Waals surface area (Å²) in [6, 6.07) is 0. The van der Waals surface area contributed by atoms with Gasteiger partial charge in [0.05, 0.1) is 13.1 Å². The lowest BCUT2D eigenvalue weighted by Crippen LogP contribution is -2.75. The van der Waals surface area contributed by atoms with Crippen LogP contribution >= 0.6 is 0 Å². The fourth-order valence-electron chi connectivity index (χ4n) is 4.82. The Morgan fingerprint density at radius 3 is 0.693 bits per heavy atom. The number of nitrogens with one attached hydrogen (secondary N) is 3. The number of carbonyl (C=O) groups is 2. The highest BCUT2D eigenvalue weighted by atomic mass is 32.2. The molecular formula is C28H25F34N5O6S2. The van der Waals surface area contributed by atoms with Crippen molar-refractivity contribution in [2.45, 2.75) is 108 Å². The molecular weight excluding hydrogens is 1210 g/mol. The fourth-order valence-corrected chi connectivity index (χ4v) is 7.63. The summed E-state index contributed by atoms with van der Waals surface area (Å²) in [7, 11) is -15.9. The Morgan fingerprint density at radius 1 is 0.320 bits per heavy atom. The lowest BCUT2D eigenvalue weighted by atomic mass is 9.91. The molecule has 0 aromatic carbocycles. The number of hydrogen-bond acceptors (Lipinski definition) is 7. The zero-order valence-corrected chi connectivity index (χ0v) is 36.8. The van der Waals surface area contributed by atoms with Crippen LogP contribution in [0.3, 0.4) is 0 Å². The van der Waals surface area contributed by atoms with Gasteiger partial charge in [-0.3, -0.25) is 9.59 Å². The standard InChI is InChI=1S/C28H25F34N5O6S2/c1-3-66(74(70,71)27(59,60)23(49,50)19(41,42)15(33,34)13(29,30)17(37,38)21(45,46)25(53,54)55)9-11(68)64-7-5-63-6-8-65-12(69)10-67(4-2)75(72,73)28(61,62)24(51,52)20(43,44)16(35,36)14(31,32)18(39,40)22(47,48)26(56,57)58/h63H,3-10H2,1-2H3,(H,64,68)(H,65,69). The third-order valence-corrected chi connectivity index (χ3v) is 13.3. The number of sulfonamides is 2. The van der Waals surface area contributed by atoms with E-state index in [4.69, 9.17) is 0 Å². The number of carbonyl (C=O) groups excluding carboxylic acids is 2. The van der Waals surface area contributed by atoms with Crippen LogP contribution in [0.25, 0.3) is 0 Å². The Labute approximate surface area is 392 Å². The van der Waals surface area contributed by atoms with E-state index in [1.54, 1.807) is 0 Å². The van der Waals surface area contributed by atoms with E-state index in [9.17, 15) is 176 Å². The van der Waals surface area contributed by atoms with E-state index in [2.05, 4.69) is 0 Å². The zero-order chi connectivity index (χ0) is 61.1. The molecule has 0 radical (unpaired) electrons. The Balaban J connectivity index is 6.02. The molecule has 2 amide bonds. The number of nitrogens with zero attached hydrogens (tertiary/aromatic N) is 2. The molecule has 0 aliphatic heterocycles. The topological polar surface area (TPSA) is 145 Å². The summed E-state index contributed by atoms with van der Waals surface area (Å²) in [5.41, 5.74) is 0. The van der Waals surface area contributed by atoms with Crippen molar-refractivity contribution >= 4 is 31.9 Å². The van der Waals surface area contributed by atoms with Crippen LogP contribution in [0.1, 0.15) is 13.8 Å². The van der Waals surface area contributed by atoms with Gasteiger partial charge in [-0.2, -0.15) is 158 Å². The van der Waals surface area contributed by atoms with Gasteiger partial charge in [-0.05, 0) is 0 Å². The van der Waals surface area contributed by atoms with Gasteiger partial charge in [-0.1, -0.05) is 13.8 Å². The first-order valence-corrected chi connectivity index (χ1v) is 21.0. The fraction of sp³-hybridized carbons (Fsp3) is 0.929. The van der Waals surface area contributed by atoms with Gasteiger partial charge in [0.2, 0.25) is 11.8 Å². The third-order valence-electron chi connectivity index (χ3n) is 9.31. The highest BCUT2D eigenvalue weighted by Gasteiger charge is 2.98. The molecule has 47 heteroatoms. The molecule has 0 spiro atoms. The largest absolute Gasteiger partial charge is 0.460 e. The lowest BCUT2D eigenvalue weighted by molar-refractivity contribution is -0.458. The van der Waals surface area contributed by atoms with Crippen molar-refractivity contribution in [3.8, 4) is 0 Å². The summed E-state index contributed by atoms with van der Waals surface area (Å²) in [5.74, 6) is -111.